The van der Waals surface area contributed by atoms with E-state index < -0.39 is 56.6 Å². The third-order valence-electron chi connectivity index (χ3n) is 4.28. The average molecular weight is 449 g/mol. The van der Waals surface area contributed by atoms with Gasteiger partial charge >= 0.3 is 29.6 Å². The van der Waals surface area contributed by atoms with Gasteiger partial charge < -0.3 is 50.6 Å². The van der Waals surface area contributed by atoms with E-state index in [1.165, 1.54) is 20.8 Å². The Kier molecular flexibility index (Phi) is 5.69. The number of anilines is 1. The zero-order valence-corrected chi connectivity index (χ0v) is 16.8. The van der Waals surface area contributed by atoms with Gasteiger partial charge in [-0.25, -0.2) is 4.79 Å². The zero-order chi connectivity index (χ0) is 24.2. The van der Waals surface area contributed by atoms with Gasteiger partial charge in [-0.05, 0) is 43.8 Å². The van der Waals surface area contributed by atoms with Crippen molar-refractivity contribution >= 4 is 17.6 Å². The largest absolute Gasteiger partial charge is 0.443 e. The number of rotatable bonds is 3. The molecule has 2 rings (SSSR count). The highest BCUT2D eigenvalue weighted by atomic mass is 16.7. The molecule has 8 N–H and O–H groups in total. The Morgan fingerprint density at radius 3 is 2.03 bits per heavy atom. The van der Waals surface area contributed by atoms with Gasteiger partial charge in [0.15, 0.2) is 6.20 Å². The SMILES string of the molecule is CNC1(O)N(c2ccc([N+](=O)[O-])nc2)C(O)(O)C(O)(O)N(C(=O)OC(C)(C)C)C1(O)O. The molecule has 0 radical (unpaired) electrons. The second kappa shape index (κ2) is 7.18. The molecule has 1 aliphatic rings. The molecule has 16 nitrogen and oxygen atoms in total. The Bertz CT molecular complexity index is 867. The standard InChI is InChI=1S/C15H23N5O11/c1-11(2,3)31-10(21)19-13(23,24)12(22,16-4)18(14(25,26)15(19,27)28)8-5-6-9(17-7-8)20(29)30/h5-7,16,22-28H,1-4H3. The number of aromatic nitrogens is 1. The van der Waals surface area contributed by atoms with E-state index in [1.807, 2.05) is 5.32 Å². The number of nitro groups is 1. The zero-order valence-electron chi connectivity index (χ0n) is 16.8. The molecule has 1 unspecified atom stereocenters. The first-order valence-corrected chi connectivity index (χ1v) is 8.54. The van der Waals surface area contributed by atoms with E-state index in [-0.39, 0.29) is 4.90 Å². The van der Waals surface area contributed by atoms with E-state index in [1.54, 1.807) is 0 Å². The average Bonchev–Trinajstić information content (AvgIpc) is 2.58. The molecular weight excluding hydrogens is 426 g/mol. The first-order chi connectivity index (χ1) is 13.8. The number of nitrogens with zero attached hydrogens (tertiary/aromatic N) is 4. The second-order valence-corrected chi connectivity index (χ2v) is 7.61. The molecule has 1 aliphatic heterocycles. The molecule has 1 aromatic heterocycles. The van der Waals surface area contributed by atoms with Gasteiger partial charge in [-0.1, -0.05) is 0 Å². The Hall–Kier alpha value is -2.70. The van der Waals surface area contributed by atoms with Crippen molar-refractivity contribution in [2.45, 2.75) is 50.0 Å². The van der Waals surface area contributed by atoms with Crippen LogP contribution in [0.2, 0.25) is 0 Å². The number of piperazine rings is 1. The fourth-order valence-corrected chi connectivity index (χ4v) is 2.88. The Labute approximate surface area is 174 Å². The molecule has 1 fully saturated rings. The van der Waals surface area contributed by atoms with E-state index >= 15 is 0 Å². The molecule has 2 heterocycles. The van der Waals surface area contributed by atoms with Crippen LogP contribution in [-0.2, 0) is 4.74 Å². The highest BCUT2D eigenvalue weighted by Crippen LogP contribution is 2.46. The normalized spacial score (nSPS) is 24.6. The molecule has 0 bridgehead atoms. The van der Waals surface area contributed by atoms with E-state index in [4.69, 9.17) is 4.74 Å². The third-order valence-corrected chi connectivity index (χ3v) is 4.28. The van der Waals surface area contributed by atoms with Crippen LogP contribution < -0.4 is 10.2 Å². The molecule has 174 valence electrons. The van der Waals surface area contributed by atoms with Crippen molar-refractivity contribution in [3.05, 3.63) is 28.4 Å². The molecule has 0 aliphatic carbocycles. The Balaban J connectivity index is 2.73. The van der Waals surface area contributed by atoms with Crippen LogP contribution >= 0.6 is 0 Å². The quantitative estimate of drug-likeness (QED) is 0.129. The Morgan fingerprint density at radius 2 is 1.65 bits per heavy atom. The summed E-state index contributed by atoms with van der Waals surface area (Å²) in [5.74, 6) is -16.5. The van der Waals surface area contributed by atoms with Crippen LogP contribution in [-0.4, -0.2) is 92.9 Å². The number of carbonyl (C=O) groups excluding carboxylic acids is 1. The van der Waals surface area contributed by atoms with Gasteiger partial charge in [0.05, 0.1) is 5.69 Å². The van der Waals surface area contributed by atoms with Gasteiger partial charge in [-0.15, -0.1) is 0 Å². The smallest absolute Gasteiger partial charge is 0.419 e. The lowest BCUT2D eigenvalue weighted by Gasteiger charge is -2.62. The number of nitrogens with one attached hydrogen (secondary N) is 1. The van der Waals surface area contributed by atoms with Gasteiger partial charge in [0, 0.05) is 6.07 Å². The molecule has 1 amide bonds. The Morgan fingerprint density at radius 1 is 1.10 bits per heavy atom. The topological polar surface area (TPSA) is 242 Å². The molecule has 16 heteroatoms. The van der Waals surface area contributed by atoms with Gasteiger partial charge in [0.1, 0.15) is 5.60 Å². The predicted molar refractivity (Wildman–Crippen MR) is 97.0 cm³/mol. The molecule has 1 saturated heterocycles. The van der Waals surface area contributed by atoms with Gasteiger partial charge in [-0.3, -0.25) is 10.2 Å². The lowest BCUT2D eigenvalue weighted by atomic mass is 10.0. The minimum atomic E-state index is -4.23. The minimum Gasteiger partial charge on any atom is -0.443 e. The van der Waals surface area contributed by atoms with Crippen LogP contribution in [0.4, 0.5) is 16.3 Å². The molecule has 31 heavy (non-hydrogen) atoms. The summed E-state index contributed by atoms with van der Waals surface area (Å²) in [6, 6.07) is 1.53. The van der Waals surface area contributed by atoms with E-state index in [2.05, 4.69) is 4.98 Å². The van der Waals surface area contributed by atoms with Crippen molar-refractivity contribution in [1.82, 2.24) is 15.2 Å². The molecule has 0 spiro atoms. The van der Waals surface area contributed by atoms with Crippen molar-refractivity contribution < 1.29 is 50.2 Å². The maximum absolute atomic E-state index is 12.5. The van der Waals surface area contributed by atoms with Crippen molar-refractivity contribution in [3.63, 3.8) is 0 Å². The number of hydrogen-bond donors (Lipinski definition) is 8. The van der Waals surface area contributed by atoms with Gasteiger partial charge in [-0.2, -0.15) is 4.90 Å². The maximum atomic E-state index is 12.5. The fraction of sp³-hybridized carbons (Fsp3) is 0.600. The summed E-state index contributed by atoms with van der Waals surface area (Å²) in [5, 5.41) is 86.9. The van der Waals surface area contributed by atoms with Crippen LogP contribution in [0.25, 0.3) is 0 Å². The molecule has 1 aromatic rings. The highest BCUT2D eigenvalue weighted by Gasteiger charge is 2.79. The van der Waals surface area contributed by atoms with Crippen LogP contribution in [0.15, 0.2) is 18.3 Å². The van der Waals surface area contributed by atoms with Gasteiger partial charge in [0.2, 0.25) is 0 Å². The fourth-order valence-electron chi connectivity index (χ4n) is 2.88. The van der Waals surface area contributed by atoms with Gasteiger partial charge in [0.25, 0.3) is 5.85 Å². The first kappa shape index (κ1) is 24.6. The third kappa shape index (κ3) is 3.64. The summed E-state index contributed by atoms with van der Waals surface area (Å²) in [6.07, 6.45) is -1.28. The van der Waals surface area contributed by atoms with E-state index in [0.717, 1.165) is 19.2 Å². The molecule has 0 aromatic carbocycles. The van der Waals surface area contributed by atoms with Crippen molar-refractivity contribution in [2.75, 3.05) is 11.9 Å². The highest BCUT2D eigenvalue weighted by molar-refractivity contribution is 5.71. The number of amides is 1. The van der Waals surface area contributed by atoms with Crippen LogP contribution in [0.5, 0.6) is 0 Å². The minimum absolute atomic E-state index is 0.169. The summed E-state index contributed by atoms with van der Waals surface area (Å²) in [5.41, 5.74) is -2.00. The summed E-state index contributed by atoms with van der Waals surface area (Å²) in [4.78, 5) is 24.9. The monoisotopic (exact) mass is 449 g/mol. The van der Waals surface area contributed by atoms with Crippen LogP contribution in [0.1, 0.15) is 20.8 Å². The maximum Gasteiger partial charge on any atom is 0.419 e. The first-order valence-electron chi connectivity index (χ1n) is 8.54. The summed E-state index contributed by atoms with van der Waals surface area (Å²) in [6.45, 7) is 4.02. The lowest BCUT2D eigenvalue weighted by Crippen LogP contribution is -2.94. The number of aliphatic hydroxyl groups is 7. The molecule has 1 atom stereocenters. The van der Waals surface area contributed by atoms with Crippen molar-refractivity contribution in [1.29, 1.82) is 0 Å². The molecule has 0 saturated carbocycles. The predicted octanol–water partition coefficient (Wildman–Crippen LogP) is -3.17. The van der Waals surface area contributed by atoms with Crippen molar-refractivity contribution in [3.8, 4) is 0 Å². The molecular formula is C15H23N5O11. The second-order valence-electron chi connectivity index (χ2n) is 7.61. The summed E-state index contributed by atoms with van der Waals surface area (Å²) >= 11 is 0. The van der Waals surface area contributed by atoms with Crippen molar-refractivity contribution in [2.24, 2.45) is 0 Å². The number of pyridine rings is 1. The van der Waals surface area contributed by atoms with Crippen LogP contribution in [0.3, 0.4) is 0 Å². The van der Waals surface area contributed by atoms with E-state index in [0.29, 0.717) is 6.20 Å². The number of carbonyl (C=O) groups is 1. The number of hydrogen-bond acceptors (Lipinski definition) is 14. The lowest BCUT2D eigenvalue weighted by molar-refractivity contribution is -0.512. The summed E-state index contributed by atoms with van der Waals surface area (Å²) < 4.78 is 4.84. The summed E-state index contributed by atoms with van der Waals surface area (Å²) in [7, 11) is 0.887. The number of likely N-dealkylation sites (N-methyl/N-ethyl adjacent to an activating group) is 1. The number of ether oxygens (including phenoxy) is 1. The van der Waals surface area contributed by atoms with E-state index in [9.17, 15) is 50.7 Å². The van der Waals surface area contributed by atoms with Crippen LogP contribution in [0, 0.1) is 10.1 Å².